The quantitative estimate of drug-likeness (QED) is 0.641. The number of carboxylic acids is 1. The van der Waals surface area contributed by atoms with E-state index in [1.807, 2.05) is 17.5 Å². The maximum absolute atomic E-state index is 11.5. The number of nitrogens with one attached hydrogen (secondary N) is 1. The van der Waals surface area contributed by atoms with Gasteiger partial charge >= 0.3 is 5.97 Å². The highest BCUT2D eigenvalue weighted by molar-refractivity contribution is 8.01. The Hall–Kier alpha value is -1.05. The number of thioether (sulfide) groups is 1. The predicted molar refractivity (Wildman–Crippen MR) is 66.3 cm³/mol. The Bertz CT molecular complexity index is 366. The summed E-state index contributed by atoms with van der Waals surface area (Å²) in [6.07, 6.45) is 0.0186. The van der Waals surface area contributed by atoms with Crippen LogP contribution in [0.15, 0.2) is 21.7 Å². The number of carbonyl (C=O) groups is 2. The average molecular weight is 275 g/mol. The fourth-order valence-electron chi connectivity index (χ4n) is 1.10. The highest BCUT2D eigenvalue weighted by Crippen LogP contribution is 2.22. The maximum Gasteiger partial charge on any atom is 0.326 e. The molecule has 0 aliphatic rings. The van der Waals surface area contributed by atoms with Crippen molar-refractivity contribution < 1.29 is 19.8 Å². The van der Waals surface area contributed by atoms with Crippen molar-refractivity contribution >= 4 is 35.0 Å². The van der Waals surface area contributed by atoms with Crippen LogP contribution >= 0.6 is 23.1 Å². The molecule has 1 rings (SSSR count). The Morgan fingerprint density at radius 1 is 1.53 bits per heavy atom. The molecule has 1 atom stereocenters. The molecular formula is C10H13NO4S2. The van der Waals surface area contributed by atoms with Crippen molar-refractivity contribution in [3.05, 3.63) is 17.5 Å². The topological polar surface area (TPSA) is 86.6 Å². The van der Waals surface area contributed by atoms with Gasteiger partial charge in [-0.05, 0) is 11.4 Å². The van der Waals surface area contributed by atoms with Gasteiger partial charge in [-0.1, -0.05) is 6.07 Å². The smallest absolute Gasteiger partial charge is 0.326 e. The Morgan fingerprint density at radius 3 is 2.82 bits per heavy atom. The van der Waals surface area contributed by atoms with Gasteiger partial charge in [0.2, 0.25) is 5.91 Å². The van der Waals surface area contributed by atoms with Crippen LogP contribution < -0.4 is 5.32 Å². The number of aliphatic carboxylic acids is 1. The molecule has 1 heterocycles. The van der Waals surface area contributed by atoms with Crippen molar-refractivity contribution in [3.8, 4) is 0 Å². The maximum atomic E-state index is 11.5. The lowest BCUT2D eigenvalue weighted by Crippen LogP contribution is -2.42. The summed E-state index contributed by atoms with van der Waals surface area (Å²) in [6, 6.07) is 2.76. The van der Waals surface area contributed by atoms with Gasteiger partial charge < -0.3 is 15.5 Å². The lowest BCUT2D eigenvalue weighted by Gasteiger charge is -2.12. The van der Waals surface area contributed by atoms with E-state index < -0.39 is 12.0 Å². The molecule has 0 radical (unpaired) electrons. The van der Waals surface area contributed by atoms with Gasteiger partial charge in [0.1, 0.15) is 6.04 Å². The Labute approximate surface area is 107 Å². The minimum Gasteiger partial charge on any atom is -0.480 e. The molecule has 94 valence electrons. The van der Waals surface area contributed by atoms with Gasteiger partial charge in [0.25, 0.3) is 0 Å². The predicted octanol–water partition coefficient (Wildman–Crippen LogP) is 0.792. The van der Waals surface area contributed by atoms with Crippen LogP contribution in [0.4, 0.5) is 0 Å². The van der Waals surface area contributed by atoms with Crippen molar-refractivity contribution in [2.24, 2.45) is 0 Å². The van der Waals surface area contributed by atoms with Gasteiger partial charge in [-0.2, -0.15) is 0 Å². The molecule has 7 heteroatoms. The van der Waals surface area contributed by atoms with Gasteiger partial charge in [0, 0.05) is 13.0 Å². The fraction of sp³-hybridized carbons (Fsp3) is 0.400. The Balaban J connectivity index is 2.34. The lowest BCUT2D eigenvalue weighted by atomic mass is 10.2. The molecular weight excluding hydrogens is 262 g/mol. The number of hydrogen-bond donors (Lipinski definition) is 3. The molecule has 0 bridgehead atoms. The molecule has 0 fully saturated rings. The van der Waals surface area contributed by atoms with Crippen LogP contribution in [0.1, 0.15) is 6.42 Å². The van der Waals surface area contributed by atoms with Crippen LogP contribution in [-0.4, -0.2) is 40.5 Å². The molecule has 17 heavy (non-hydrogen) atoms. The number of carbonyl (C=O) groups excluding carboxylic acids is 1. The van der Waals surface area contributed by atoms with Crippen molar-refractivity contribution in [1.82, 2.24) is 5.32 Å². The lowest BCUT2D eigenvalue weighted by molar-refractivity contribution is -0.141. The van der Waals surface area contributed by atoms with E-state index in [4.69, 9.17) is 10.2 Å². The molecule has 0 aromatic carbocycles. The average Bonchev–Trinajstić information content (AvgIpc) is 2.78. The van der Waals surface area contributed by atoms with E-state index in [9.17, 15) is 9.59 Å². The number of thiophene rings is 1. The van der Waals surface area contributed by atoms with Gasteiger partial charge in [-0.3, -0.25) is 4.79 Å². The van der Waals surface area contributed by atoms with Crippen molar-refractivity contribution in [3.63, 3.8) is 0 Å². The first kappa shape index (κ1) is 14.0. The molecule has 0 saturated heterocycles. The summed E-state index contributed by atoms with van der Waals surface area (Å²) in [4.78, 5) is 22.2. The van der Waals surface area contributed by atoms with Crippen LogP contribution in [-0.2, 0) is 9.59 Å². The monoisotopic (exact) mass is 275 g/mol. The normalized spacial score (nSPS) is 12.1. The van der Waals surface area contributed by atoms with E-state index in [0.29, 0.717) is 0 Å². The molecule has 0 saturated carbocycles. The van der Waals surface area contributed by atoms with E-state index in [0.717, 1.165) is 4.21 Å². The summed E-state index contributed by atoms with van der Waals surface area (Å²) in [5, 5.41) is 21.7. The molecule has 0 aliphatic carbocycles. The van der Waals surface area contributed by atoms with E-state index in [1.165, 1.54) is 23.1 Å². The van der Waals surface area contributed by atoms with E-state index in [1.54, 1.807) is 0 Å². The van der Waals surface area contributed by atoms with Gasteiger partial charge in [-0.15, -0.1) is 23.1 Å². The molecule has 0 aliphatic heterocycles. The Kier molecular flexibility index (Phi) is 6.03. The number of aliphatic hydroxyl groups excluding tert-OH is 1. The van der Waals surface area contributed by atoms with Crippen molar-refractivity contribution in [2.75, 3.05) is 12.4 Å². The van der Waals surface area contributed by atoms with Crippen LogP contribution in [0.5, 0.6) is 0 Å². The Morgan fingerprint density at radius 2 is 2.29 bits per heavy atom. The van der Waals surface area contributed by atoms with Crippen molar-refractivity contribution in [1.29, 1.82) is 0 Å². The SMILES string of the molecule is O=C(CSc1cccs1)NC(CCO)C(=O)O. The minimum atomic E-state index is -1.13. The van der Waals surface area contributed by atoms with E-state index >= 15 is 0 Å². The molecule has 5 nitrogen and oxygen atoms in total. The number of carboxylic acid groups (broad SMARTS) is 1. The third kappa shape index (κ3) is 5.20. The van der Waals surface area contributed by atoms with Gasteiger partial charge in [-0.25, -0.2) is 4.79 Å². The summed E-state index contributed by atoms with van der Waals surface area (Å²) in [5.41, 5.74) is 0. The number of aliphatic hydroxyl groups is 1. The van der Waals surface area contributed by atoms with Crippen LogP contribution in [0, 0.1) is 0 Å². The first-order valence-electron chi connectivity index (χ1n) is 4.93. The fourth-order valence-corrected chi connectivity index (χ4v) is 2.70. The van der Waals surface area contributed by atoms with E-state index in [2.05, 4.69) is 5.32 Å². The third-order valence-corrected chi connectivity index (χ3v) is 4.02. The first-order chi connectivity index (χ1) is 8.13. The van der Waals surface area contributed by atoms with Crippen molar-refractivity contribution in [2.45, 2.75) is 16.7 Å². The number of amides is 1. The second-order valence-corrected chi connectivity index (χ2v) is 5.41. The number of rotatable bonds is 7. The molecule has 1 aromatic rings. The third-order valence-electron chi connectivity index (χ3n) is 1.89. The zero-order valence-corrected chi connectivity index (χ0v) is 10.6. The van der Waals surface area contributed by atoms with Crippen LogP contribution in [0.2, 0.25) is 0 Å². The second-order valence-electron chi connectivity index (χ2n) is 3.19. The molecule has 1 unspecified atom stereocenters. The summed E-state index contributed by atoms with van der Waals surface area (Å²) in [5.74, 6) is -1.30. The first-order valence-corrected chi connectivity index (χ1v) is 6.79. The second kappa shape index (κ2) is 7.31. The van der Waals surface area contributed by atoms with Crippen LogP contribution in [0.25, 0.3) is 0 Å². The summed E-state index contributed by atoms with van der Waals surface area (Å²) in [7, 11) is 0. The van der Waals surface area contributed by atoms with Crippen LogP contribution in [0.3, 0.4) is 0 Å². The summed E-state index contributed by atoms with van der Waals surface area (Å²) >= 11 is 2.89. The molecule has 0 spiro atoms. The molecule has 1 amide bonds. The molecule has 1 aromatic heterocycles. The standard InChI is InChI=1S/C10H13NO4S2/c12-4-3-7(10(14)15)11-8(13)6-17-9-2-1-5-16-9/h1-2,5,7,12H,3-4,6H2,(H,11,13)(H,14,15). The highest BCUT2D eigenvalue weighted by atomic mass is 32.2. The van der Waals surface area contributed by atoms with Gasteiger partial charge in [0.15, 0.2) is 0 Å². The highest BCUT2D eigenvalue weighted by Gasteiger charge is 2.18. The molecule has 3 N–H and O–H groups in total. The largest absolute Gasteiger partial charge is 0.480 e. The van der Waals surface area contributed by atoms with Gasteiger partial charge in [0.05, 0.1) is 9.96 Å². The minimum absolute atomic E-state index is 0.0186. The zero-order valence-electron chi connectivity index (χ0n) is 8.96. The summed E-state index contributed by atoms with van der Waals surface area (Å²) in [6.45, 7) is -0.269. The zero-order chi connectivity index (χ0) is 12.7. The summed E-state index contributed by atoms with van der Waals surface area (Å²) < 4.78 is 1.01. The van der Waals surface area contributed by atoms with E-state index in [-0.39, 0.29) is 24.7 Å². The number of hydrogen-bond acceptors (Lipinski definition) is 5.